The third-order valence-electron chi connectivity index (χ3n) is 5.87. The van der Waals surface area contributed by atoms with Crippen LogP contribution < -0.4 is 18.9 Å². The molecule has 0 amide bonds. The predicted molar refractivity (Wildman–Crippen MR) is 123 cm³/mol. The number of para-hydroxylation sites is 1. The van der Waals surface area contributed by atoms with E-state index in [1.807, 2.05) is 65.7 Å². The molecule has 0 aliphatic carbocycles. The van der Waals surface area contributed by atoms with Gasteiger partial charge in [0.05, 0.1) is 38.6 Å². The number of hydrogen-bond donors (Lipinski definition) is 0. The highest BCUT2D eigenvalue weighted by atomic mass is 35.5. The molecule has 7 heteroatoms. The fourth-order valence-corrected chi connectivity index (χ4v) is 4.51. The van der Waals surface area contributed by atoms with Crippen LogP contribution in [0.15, 0.2) is 65.8 Å². The van der Waals surface area contributed by atoms with Gasteiger partial charge in [0.2, 0.25) is 6.23 Å². The number of hydrogen-bond acceptors (Lipinski definition) is 6. The number of hydrazone groups is 1. The Labute approximate surface area is 191 Å². The monoisotopic (exact) mass is 450 g/mol. The van der Waals surface area contributed by atoms with Gasteiger partial charge < -0.3 is 18.9 Å². The average Bonchev–Trinajstić information content (AvgIpc) is 3.29. The van der Waals surface area contributed by atoms with E-state index in [1.165, 1.54) is 0 Å². The molecule has 164 valence electrons. The summed E-state index contributed by atoms with van der Waals surface area (Å²) >= 11 is 6.33. The lowest BCUT2D eigenvalue weighted by molar-refractivity contribution is -0.0205. The number of halogens is 1. The van der Waals surface area contributed by atoms with Crippen LogP contribution in [0.2, 0.25) is 5.02 Å². The van der Waals surface area contributed by atoms with Crippen LogP contribution in [0.5, 0.6) is 23.0 Å². The summed E-state index contributed by atoms with van der Waals surface area (Å²) in [5, 5.41) is 7.66. The maximum atomic E-state index is 6.45. The largest absolute Gasteiger partial charge is 0.497 e. The summed E-state index contributed by atoms with van der Waals surface area (Å²) in [5.41, 5.74) is 3.88. The summed E-state index contributed by atoms with van der Waals surface area (Å²) < 4.78 is 23.0. The van der Waals surface area contributed by atoms with Gasteiger partial charge in [-0.25, -0.2) is 5.01 Å². The summed E-state index contributed by atoms with van der Waals surface area (Å²) in [7, 11) is 4.91. The van der Waals surface area contributed by atoms with Crippen molar-refractivity contribution >= 4 is 17.3 Å². The van der Waals surface area contributed by atoms with Crippen LogP contribution in [-0.2, 0) is 0 Å². The lowest BCUT2D eigenvalue weighted by Crippen LogP contribution is -2.34. The van der Waals surface area contributed by atoms with Gasteiger partial charge >= 0.3 is 0 Å². The first kappa shape index (κ1) is 20.5. The van der Waals surface area contributed by atoms with Crippen LogP contribution in [0.1, 0.15) is 35.4 Å². The lowest BCUT2D eigenvalue weighted by atomic mass is 9.95. The topological polar surface area (TPSA) is 52.5 Å². The van der Waals surface area contributed by atoms with Crippen LogP contribution in [0.25, 0.3) is 0 Å². The fourth-order valence-electron chi connectivity index (χ4n) is 4.33. The van der Waals surface area contributed by atoms with Gasteiger partial charge in [-0.1, -0.05) is 17.7 Å². The Bertz CT molecular complexity index is 1180. The van der Waals surface area contributed by atoms with Crippen LogP contribution in [-0.4, -0.2) is 32.0 Å². The van der Waals surface area contributed by atoms with E-state index < -0.39 is 6.23 Å². The van der Waals surface area contributed by atoms with Crippen molar-refractivity contribution in [2.24, 2.45) is 5.10 Å². The van der Waals surface area contributed by atoms with Crippen molar-refractivity contribution < 1.29 is 18.9 Å². The van der Waals surface area contributed by atoms with E-state index in [-0.39, 0.29) is 6.04 Å². The first-order valence-electron chi connectivity index (χ1n) is 10.3. The van der Waals surface area contributed by atoms with E-state index in [4.69, 9.17) is 35.6 Å². The third kappa shape index (κ3) is 3.41. The molecule has 0 N–H and O–H groups in total. The molecule has 0 unspecified atom stereocenters. The number of fused-ring (bicyclic) bond motifs is 3. The number of nitrogens with zero attached hydrogens (tertiary/aromatic N) is 2. The Morgan fingerprint density at radius 3 is 2.47 bits per heavy atom. The zero-order valence-electron chi connectivity index (χ0n) is 18.0. The molecule has 0 bridgehead atoms. The normalized spacial score (nSPS) is 18.9. The minimum Gasteiger partial charge on any atom is -0.497 e. The highest BCUT2D eigenvalue weighted by Crippen LogP contribution is 2.50. The molecule has 0 radical (unpaired) electrons. The van der Waals surface area contributed by atoms with Crippen molar-refractivity contribution in [3.8, 4) is 23.0 Å². The molecular weight excluding hydrogens is 428 g/mol. The van der Waals surface area contributed by atoms with Crippen molar-refractivity contribution in [1.29, 1.82) is 0 Å². The van der Waals surface area contributed by atoms with E-state index in [2.05, 4.69) is 0 Å². The lowest BCUT2D eigenvalue weighted by Gasteiger charge is -2.38. The Morgan fingerprint density at radius 1 is 0.938 bits per heavy atom. The van der Waals surface area contributed by atoms with Gasteiger partial charge in [-0.3, -0.25) is 0 Å². The average molecular weight is 451 g/mol. The molecule has 2 aliphatic rings. The summed E-state index contributed by atoms with van der Waals surface area (Å²) in [6, 6.07) is 19.4. The SMILES string of the molecule is COc1ccc(C2=NN3[C@H](C2)c2cc(Cl)ccc2O[C@@H]3c2cccc(OC)c2OC)cc1. The molecule has 0 saturated carbocycles. The van der Waals surface area contributed by atoms with Crippen molar-refractivity contribution in [3.63, 3.8) is 0 Å². The first-order valence-corrected chi connectivity index (χ1v) is 10.7. The van der Waals surface area contributed by atoms with Crippen LogP contribution >= 0.6 is 11.6 Å². The van der Waals surface area contributed by atoms with Gasteiger partial charge in [-0.05, 0) is 60.2 Å². The molecule has 2 atom stereocenters. The molecule has 0 spiro atoms. The maximum Gasteiger partial charge on any atom is 0.217 e. The second-order valence-electron chi connectivity index (χ2n) is 7.61. The Hall–Kier alpha value is -3.38. The molecule has 5 rings (SSSR count). The molecule has 3 aromatic carbocycles. The second kappa shape index (κ2) is 8.28. The van der Waals surface area contributed by atoms with Gasteiger partial charge in [0.1, 0.15) is 11.5 Å². The smallest absolute Gasteiger partial charge is 0.217 e. The van der Waals surface area contributed by atoms with Crippen molar-refractivity contribution in [2.75, 3.05) is 21.3 Å². The molecular formula is C25H23ClN2O4. The van der Waals surface area contributed by atoms with Crippen LogP contribution in [0.4, 0.5) is 0 Å². The van der Waals surface area contributed by atoms with Crippen molar-refractivity contribution in [2.45, 2.75) is 18.7 Å². The first-order chi connectivity index (χ1) is 15.6. The van der Waals surface area contributed by atoms with Gasteiger partial charge in [-0.15, -0.1) is 0 Å². The number of rotatable bonds is 5. The molecule has 32 heavy (non-hydrogen) atoms. The quantitative estimate of drug-likeness (QED) is 0.505. The summed E-state index contributed by atoms with van der Waals surface area (Å²) in [5.74, 6) is 2.87. The van der Waals surface area contributed by atoms with E-state index in [1.54, 1.807) is 21.3 Å². The molecule has 2 aliphatic heterocycles. The summed E-state index contributed by atoms with van der Waals surface area (Å²) in [6.45, 7) is 0. The Kier molecular flexibility index (Phi) is 5.31. The second-order valence-corrected chi connectivity index (χ2v) is 8.05. The Balaban J connectivity index is 1.62. The predicted octanol–water partition coefficient (Wildman–Crippen LogP) is 5.61. The summed E-state index contributed by atoms with van der Waals surface area (Å²) in [6.07, 6.45) is 0.251. The standard InChI is InChI=1S/C25H23ClN2O4/c1-29-17-10-7-15(8-11-17)20-14-21-19-13-16(26)9-12-22(19)32-25(28(21)27-20)18-5-4-6-23(30-2)24(18)31-3/h4-13,21,25H,14H2,1-3H3/t21-,25-/m1/s1. The number of ether oxygens (including phenoxy) is 4. The minimum absolute atomic E-state index is 0.0181. The van der Waals surface area contributed by atoms with Crippen molar-refractivity contribution in [3.05, 3.63) is 82.4 Å². The zero-order chi connectivity index (χ0) is 22.2. The zero-order valence-corrected chi connectivity index (χ0v) is 18.8. The van der Waals surface area contributed by atoms with E-state index in [0.29, 0.717) is 16.5 Å². The van der Waals surface area contributed by atoms with Gasteiger partial charge in [0, 0.05) is 17.0 Å². The van der Waals surface area contributed by atoms with E-state index in [9.17, 15) is 0 Å². The highest BCUT2D eigenvalue weighted by Gasteiger charge is 2.42. The molecule has 0 aromatic heterocycles. The molecule has 6 nitrogen and oxygen atoms in total. The molecule has 2 heterocycles. The van der Waals surface area contributed by atoms with Crippen molar-refractivity contribution in [1.82, 2.24) is 5.01 Å². The van der Waals surface area contributed by atoms with E-state index >= 15 is 0 Å². The van der Waals surface area contributed by atoms with Crippen LogP contribution in [0.3, 0.4) is 0 Å². The minimum atomic E-state index is -0.477. The van der Waals surface area contributed by atoms with Gasteiger partial charge in [0.25, 0.3) is 0 Å². The van der Waals surface area contributed by atoms with Crippen LogP contribution in [0, 0.1) is 0 Å². The van der Waals surface area contributed by atoms with E-state index in [0.717, 1.165) is 40.3 Å². The molecule has 3 aromatic rings. The molecule has 0 fully saturated rings. The maximum absolute atomic E-state index is 6.45. The fraction of sp³-hybridized carbons (Fsp3) is 0.240. The number of methoxy groups -OCH3 is 3. The molecule has 0 saturated heterocycles. The highest BCUT2D eigenvalue weighted by molar-refractivity contribution is 6.30. The number of benzene rings is 3. The Morgan fingerprint density at radius 2 is 1.75 bits per heavy atom. The van der Waals surface area contributed by atoms with Gasteiger partial charge in [0.15, 0.2) is 11.5 Å². The summed E-state index contributed by atoms with van der Waals surface area (Å²) in [4.78, 5) is 0. The van der Waals surface area contributed by atoms with Gasteiger partial charge in [-0.2, -0.15) is 5.10 Å². The third-order valence-corrected chi connectivity index (χ3v) is 6.11.